The van der Waals surface area contributed by atoms with Crippen LogP contribution in [0.5, 0.6) is 0 Å². The predicted octanol–water partition coefficient (Wildman–Crippen LogP) is 2.81. The molecule has 0 radical (unpaired) electrons. The van der Waals surface area contributed by atoms with Gasteiger partial charge in [-0.05, 0) is 24.5 Å². The molecule has 0 aliphatic heterocycles. The molecule has 20 heavy (non-hydrogen) atoms. The molecular formula is C15H16ClN3O. The second-order valence-corrected chi connectivity index (χ2v) is 5.47. The Kier molecular flexibility index (Phi) is 3.49. The van der Waals surface area contributed by atoms with Crippen LogP contribution < -0.4 is 5.69 Å². The van der Waals surface area contributed by atoms with Crippen LogP contribution in [0, 0.1) is 0 Å². The van der Waals surface area contributed by atoms with Crippen LogP contribution in [0.1, 0.15) is 30.1 Å². The lowest BCUT2D eigenvalue weighted by atomic mass is 10.2. The summed E-state index contributed by atoms with van der Waals surface area (Å²) in [5, 5.41) is 5.15. The minimum atomic E-state index is -0.0910. The van der Waals surface area contributed by atoms with E-state index in [2.05, 4.69) is 11.7 Å². The number of nitrogens with zero attached hydrogens (tertiary/aromatic N) is 3. The standard InChI is InChI=1S/C15H16ClN3O/c1-2-9-18-14(11-7-8-11)17-19(15(18)20)10-12-5-3-4-6-13(12)16/h2-6,11H,1,7-10H2. The van der Waals surface area contributed by atoms with E-state index in [-0.39, 0.29) is 5.69 Å². The summed E-state index contributed by atoms with van der Waals surface area (Å²) in [6.45, 7) is 4.62. The van der Waals surface area contributed by atoms with Gasteiger partial charge in [0.1, 0.15) is 5.82 Å². The SMILES string of the molecule is C=CCn1c(C2CC2)nn(Cc2ccccc2Cl)c1=O. The molecule has 104 valence electrons. The summed E-state index contributed by atoms with van der Waals surface area (Å²) in [4.78, 5) is 12.4. The fourth-order valence-corrected chi connectivity index (χ4v) is 2.49. The molecule has 1 aliphatic rings. The van der Waals surface area contributed by atoms with Crippen molar-refractivity contribution in [1.82, 2.24) is 14.3 Å². The summed E-state index contributed by atoms with van der Waals surface area (Å²) in [7, 11) is 0. The molecule has 1 fully saturated rings. The lowest BCUT2D eigenvalue weighted by Crippen LogP contribution is -2.25. The number of benzene rings is 1. The molecule has 0 amide bonds. The van der Waals surface area contributed by atoms with Gasteiger partial charge in [-0.2, -0.15) is 5.10 Å². The molecule has 3 rings (SSSR count). The average Bonchev–Trinajstić information content (AvgIpc) is 3.23. The van der Waals surface area contributed by atoms with Crippen molar-refractivity contribution < 1.29 is 0 Å². The minimum Gasteiger partial charge on any atom is -0.275 e. The molecule has 1 heterocycles. The van der Waals surface area contributed by atoms with Gasteiger partial charge < -0.3 is 0 Å². The van der Waals surface area contributed by atoms with E-state index < -0.39 is 0 Å². The van der Waals surface area contributed by atoms with Crippen molar-refractivity contribution in [2.75, 3.05) is 0 Å². The Bertz CT molecular complexity index is 697. The molecule has 4 nitrogen and oxygen atoms in total. The van der Waals surface area contributed by atoms with E-state index in [1.54, 1.807) is 10.6 Å². The lowest BCUT2D eigenvalue weighted by Gasteiger charge is -2.02. The number of aromatic nitrogens is 3. The van der Waals surface area contributed by atoms with E-state index in [0.717, 1.165) is 24.2 Å². The maximum absolute atomic E-state index is 12.4. The molecule has 1 aliphatic carbocycles. The topological polar surface area (TPSA) is 39.8 Å². The Hall–Kier alpha value is -1.81. The van der Waals surface area contributed by atoms with Gasteiger partial charge in [-0.15, -0.1) is 6.58 Å². The number of hydrogen-bond acceptors (Lipinski definition) is 2. The first-order chi connectivity index (χ1) is 9.70. The van der Waals surface area contributed by atoms with E-state index in [0.29, 0.717) is 24.0 Å². The lowest BCUT2D eigenvalue weighted by molar-refractivity contribution is 0.639. The van der Waals surface area contributed by atoms with Gasteiger partial charge in [-0.1, -0.05) is 35.9 Å². The van der Waals surface area contributed by atoms with E-state index in [4.69, 9.17) is 11.6 Å². The molecular weight excluding hydrogens is 274 g/mol. The van der Waals surface area contributed by atoms with Gasteiger partial charge in [-0.3, -0.25) is 4.57 Å². The van der Waals surface area contributed by atoms with Gasteiger partial charge in [0, 0.05) is 17.5 Å². The molecule has 0 bridgehead atoms. The summed E-state index contributed by atoms with van der Waals surface area (Å²) >= 11 is 6.14. The molecule has 2 aromatic rings. The third kappa shape index (κ3) is 2.43. The van der Waals surface area contributed by atoms with Gasteiger partial charge in [-0.25, -0.2) is 9.48 Å². The second kappa shape index (κ2) is 5.29. The van der Waals surface area contributed by atoms with Crippen LogP contribution in [0.25, 0.3) is 0 Å². The Morgan fingerprint density at radius 1 is 1.40 bits per heavy atom. The Balaban J connectivity index is 1.98. The van der Waals surface area contributed by atoms with Crippen LogP contribution >= 0.6 is 11.6 Å². The fourth-order valence-electron chi connectivity index (χ4n) is 2.29. The molecule has 0 atom stereocenters. The third-order valence-electron chi connectivity index (χ3n) is 3.48. The first kappa shape index (κ1) is 13.2. The van der Waals surface area contributed by atoms with Gasteiger partial charge in [0.25, 0.3) is 0 Å². The summed E-state index contributed by atoms with van der Waals surface area (Å²) < 4.78 is 3.21. The highest BCUT2D eigenvalue weighted by atomic mass is 35.5. The number of allylic oxidation sites excluding steroid dienone is 1. The summed E-state index contributed by atoms with van der Waals surface area (Å²) in [6, 6.07) is 7.53. The summed E-state index contributed by atoms with van der Waals surface area (Å²) in [5.74, 6) is 1.30. The predicted molar refractivity (Wildman–Crippen MR) is 79.2 cm³/mol. The van der Waals surface area contributed by atoms with Crippen molar-refractivity contribution in [2.45, 2.75) is 31.8 Å². The molecule has 0 unspecified atom stereocenters. The quantitative estimate of drug-likeness (QED) is 0.794. The average molecular weight is 290 g/mol. The molecule has 1 aromatic heterocycles. The molecule has 0 N–H and O–H groups in total. The van der Waals surface area contributed by atoms with Crippen molar-refractivity contribution in [2.24, 2.45) is 0 Å². The number of rotatable bonds is 5. The van der Waals surface area contributed by atoms with Crippen molar-refractivity contribution in [3.05, 3.63) is 63.8 Å². The van der Waals surface area contributed by atoms with E-state index in [1.807, 2.05) is 24.3 Å². The second-order valence-electron chi connectivity index (χ2n) is 5.06. The Morgan fingerprint density at radius 2 is 2.15 bits per heavy atom. The van der Waals surface area contributed by atoms with Gasteiger partial charge in [0.15, 0.2) is 0 Å². The highest BCUT2D eigenvalue weighted by Gasteiger charge is 2.30. The molecule has 5 heteroatoms. The van der Waals surface area contributed by atoms with Gasteiger partial charge in [0.2, 0.25) is 0 Å². The largest absolute Gasteiger partial charge is 0.346 e. The normalized spacial score (nSPS) is 14.4. The van der Waals surface area contributed by atoms with Crippen molar-refractivity contribution in [3.8, 4) is 0 Å². The summed E-state index contributed by atoms with van der Waals surface area (Å²) in [6.07, 6.45) is 3.95. The fraction of sp³-hybridized carbons (Fsp3) is 0.333. The van der Waals surface area contributed by atoms with Crippen LogP contribution in [0.15, 0.2) is 41.7 Å². The van der Waals surface area contributed by atoms with Gasteiger partial charge >= 0.3 is 5.69 Å². The Morgan fingerprint density at radius 3 is 2.80 bits per heavy atom. The van der Waals surface area contributed by atoms with Crippen molar-refractivity contribution in [3.63, 3.8) is 0 Å². The van der Waals surface area contributed by atoms with E-state index >= 15 is 0 Å². The van der Waals surface area contributed by atoms with Gasteiger partial charge in [0.05, 0.1) is 6.54 Å². The van der Waals surface area contributed by atoms with Crippen LogP contribution in [0.3, 0.4) is 0 Å². The first-order valence-corrected chi connectivity index (χ1v) is 7.10. The zero-order valence-corrected chi connectivity index (χ0v) is 11.9. The van der Waals surface area contributed by atoms with Crippen LogP contribution in [0.2, 0.25) is 5.02 Å². The molecule has 0 spiro atoms. The van der Waals surface area contributed by atoms with Crippen molar-refractivity contribution >= 4 is 11.6 Å². The van der Waals surface area contributed by atoms with Crippen LogP contribution in [-0.2, 0) is 13.1 Å². The highest BCUT2D eigenvalue weighted by Crippen LogP contribution is 2.38. The van der Waals surface area contributed by atoms with E-state index in [9.17, 15) is 4.79 Å². The molecule has 1 saturated carbocycles. The highest BCUT2D eigenvalue weighted by molar-refractivity contribution is 6.31. The smallest absolute Gasteiger partial charge is 0.275 e. The maximum Gasteiger partial charge on any atom is 0.346 e. The summed E-state index contributed by atoms with van der Waals surface area (Å²) in [5.41, 5.74) is 0.814. The maximum atomic E-state index is 12.4. The zero-order chi connectivity index (χ0) is 14.1. The van der Waals surface area contributed by atoms with Crippen LogP contribution in [-0.4, -0.2) is 14.3 Å². The third-order valence-corrected chi connectivity index (χ3v) is 3.85. The first-order valence-electron chi connectivity index (χ1n) is 6.72. The molecule has 0 saturated heterocycles. The zero-order valence-electron chi connectivity index (χ0n) is 11.1. The minimum absolute atomic E-state index is 0.0910. The number of halogens is 1. The number of hydrogen-bond donors (Lipinski definition) is 0. The Labute approximate surface area is 122 Å². The van der Waals surface area contributed by atoms with Crippen molar-refractivity contribution in [1.29, 1.82) is 0 Å². The van der Waals surface area contributed by atoms with Crippen LogP contribution in [0.4, 0.5) is 0 Å². The van der Waals surface area contributed by atoms with E-state index in [1.165, 1.54) is 4.68 Å². The molecule has 1 aromatic carbocycles. The monoisotopic (exact) mass is 289 g/mol.